The molecule has 0 aromatic heterocycles. The van der Waals surface area contributed by atoms with Gasteiger partial charge in [-0.3, -0.25) is 0 Å². The highest BCUT2D eigenvalue weighted by atomic mass is 32.2. The second-order valence-corrected chi connectivity index (χ2v) is 6.28. The van der Waals surface area contributed by atoms with E-state index < -0.39 is 22.4 Å². The van der Waals surface area contributed by atoms with Gasteiger partial charge in [0.1, 0.15) is 5.82 Å². The Morgan fingerprint density at radius 2 is 1.89 bits per heavy atom. The van der Waals surface area contributed by atoms with Crippen molar-refractivity contribution in [3.8, 4) is 0 Å². The van der Waals surface area contributed by atoms with Crippen LogP contribution in [0.15, 0.2) is 23.1 Å². The SMILES string of the molecule is O=S(=O)(c1cc(F)ccc1CO)N1CCCCC1. The molecule has 100 valence electrons. The van der Waals surface area contributed by atoms with Crippen LogP contribution in [0, 0.1) is 5.82 Å². The second-order valence-electron chi connectivity index (χ2n) is 4.37. The lowest BCUT2D eigenvalue weighted by molar-refractivity contribution is 0.277. The number of hydrogen-bond donors (Lipinski definition) is 1. The first-order valence-electron chi connectivity index (χ1n) is 5.95. The third-order valence-corrected chi connectivity index (χ3v) is 5.11. The Labute approximate surface area is 106 Å². The Kier molecular flexibility index (Phi) is 3.99. The summed E-state index contributed by atoms with van der Waals surface area (Å²) in [7, 11) is -3.69. The van der Waals surface area contributed by atoms with E-state index in [4.69, 9.17) is 5.11 Å². The van der Waals surface area contributed by atoms with Gasteiger partial charge in [0.25, 0.3) is 0 Å². The molecule has 0 amide bonds. The topological polar surface area (TPSA) is 57.6 Å². The summed E-state index contributed by atoms with van der Waals surface area (Å²) in [6.45, 7) is 0.510. The van der Waals surface area contributed by atoms with E-state index in [9.17, 15) is 12.8 Å². The van der Waals surface area contributed by atoms with Crippen LogP contribution in [-0.4, -0.2) is 30.9 Å². The number of aliphatic hydroxyl groups is 1. The van der Waals surface area contributed by atoms with Gasteiger partial charge in [-0.1, -0.05) is 12.5 Å². The van der Waals surface area contributed by atoms with Gasteiger partial charge in [-0.15, -0.1) is 0 Å². The van der Waals surface area contributed by atoms with Crippen LogP contribution in [0.2, 0.25) is 0 Å². The molecule has 0 aliphatic carbocycles. The van der Waals surface area contributed by atoms with Crippen molar-refractivity contribution in [2.45, 2.75) is 30.8 Å². The molecule has 2 rings (SSSR count). The zero-order chi connectivity index (χ0) is 13.2. The van der Waals surface area contributed by atoms with Crippen LogP contribution in [0.3, 0.4) is 0 Å². The zero-order valence-electron chi connectivity index (χ0n) is 9.97. The van der Waals surface area contributed by atoms with Gasteiger partial charge in [-0.2, -0.15) is 4.31 Å². The minimum Gasteiger partial charge on any atom is -0.392 e. The summed E-state index contributed by atoms with van der Waals surface area (Å²) in [6.07, 6.45) is 2.66. The molecule has 6 heteroatoms. The fourth-order valence-corrected chi connectivity index (χ4v) is 3.89. The number of rotatable bonds is 3. The van der Waals surface area contributed by atoms with Crippen LogP contribution in [0.5, 0.6) is 0 Å². The lowest BCUT2D eigenvalue weighted by Gasteiger charge is -2.26. The van der Waals surface area contributed by atoms with Crippen molar-refractivity contribution in [3.63, 3.8) is 0 Å². The standard InChI is InChI=1S/C12H16FNO3S/c13-11-5-4-10(9-15)12(8-11)18(16,17)14-6-2-1-3-7-14/h4-5,8,15H,1-3,6-7,9H2. The lowest BCUT2D eigenvalue weighted by atomic mass is 10.2. The first-order chi connectivity index (χ1) is 8.55. The molecular formula is C12H16FNO3S. The molecule has 1 aromatic rings. The molecule has 1 fully saturated rings. The number of halogens is 1. The average Bonchev–Trinajstić information content (AvgIpc) is 2.39. The van der Waals surface area contributed by atoms with Gasteiger partial charge in [0.2, 0.25) is 10.0 Å². The van der Waals surface area contributed by atoms with Crippen molar-refractivity contribution < 1.29 is 17.9 Å². The van der Waals surface area contributed by atoms with Crippen molar-refractivity contribution in [2.24, 2.45) is 0 Å². The number of piperidine rings is 1. The highest BCUT2D eigenvalue weighted by molar-refractivity contribution is 7.89. The van der Waals surface area contributed by atoms with E-state index in [2.05, 4.69) is 0 Å². The minimum atomic E-state index is -3.69. The van der Waals surface area contributed by atoms with E-state index in [1.54, 1.807) is 0 Å². The summed E-state index contributed by atoms with van der Waals surface area (Å²) < 4.78 is 39.3. The van der Waals surface area contributed by atoms with Gasteiger partial charge >= 0.3 is 0 Å². The van der Waals surface area contributed by atoms with Crippen LogP contribution in [0.25, 0.3) is 0 Å². The average molecular weight is 273 g/mol. The van der Waals surface area contributed by atoms with E-state index >= 15 is 0 Å². The molecule has 0 spiro atoms. The first kappa shape index (κ1) is 13.5. The molecule has 0 bridgehead atoms. The van der Waals surface area contributed by atoms with Gasteiger partial charge in [0.05, 0.1) is 11.5 Å². The van der Waals surface area contributed by atoms with E-state index in [1.807, 2.05) is 0 Å². The van der Waals surface area contributed by atoms with E-state index in [-0.39, 0.29) is 10.5 Å². The predicted molar refractivity (Wildman–Crippen MR) is 64.9 cm³/mol. The van der Waals surface area contributed by atoms with E-state index in [1.165, 1.54) is 10.4 Å². The maximum absolute atomic E-state index is 13.2. The summed E-state index contributed by atoms with van der Waals surface area (Å²) in [5.74, 6) is -0.609. The zero-order valence-corrected chi connectivity index (χ0v) is 10.8. The maximum atomic E-state index is 13.2. The van der Waals surface area contributed by atoms with Crippen molar-refractivity contribution in [2.75, 3.05) is 13.1 Å². The van der Waals surface area contributed by atoms with Gasteiger partial charge in [-0.25, -0.2) is 12.8 Å². The van der Waals surface area contributed by atoms with Gasteiger partial charge in [0.15, 0.2) is 0 Å². The van der Waals surface area contributed by atoms with Crippen molar-refractivity contribution in [1.82, 2.24) is 4.31 Å². The molecule has 4 nitrogen and oxygen atoms in total. The Morgan fingerprint density at radius 3 is 2.50 bits per heavy atom. The summed E-state index contributed by atoms with van der Waals surface area (Å²) in [5.41, 5.74) is 0.238. The van der Waals surface area contributed by atoms with Crippen LogP contribution in [-0.2, 0) is 16.6 Å². The summed E-state index contributed by atoms with van der Waals surface area (Å²) in [5, 5.41) is 9.17. The van der Waals surface area contributed by atoms with Crippen LogP contribution >= 0.6 is 0 Å². The smallest absolute Gasteiger partial charge is 0.243 e. The molecule has 1 N–H and O–H groups in total. The maximum Gasteiger partial charge on any atom is 0.243 e. The monoisotopic (exact) mass is 273 g/mol. The molecule has 1 aliphatic rings. The van der Waals surface area contributed by atoms with Crippen molar-refractivity contribution in [1.29, 1.82) is 0 Å². The third-order valence-electron chi connectivity index (χ3n) is 3.13. The predicted octanol–water partition coefficient (Wildman–Crippen LogP) is 1.49. The fraction of sp³-hybridized carbons (Fsp3) is 0.500. The molecule has 1 saturated heterocycles. The highest BCUT2D eigenvalue weighted by Crippen LogP contribution is 2.24. The largest absolute Gasteiger partial charge is 0.392 e. The number of aliphatic hydroxyl groups excluding tert-OH is 1. The molecule has 0 radical (unpaired) electrons. The number of nitrogens with zero attached hydrogens (tertiary/aromatic N) is 1. The molecule has 1 aliphatic heterocycles. The molecule has 0 atom stereocenters. The van der Waals surface area contributed by atoms with Gasteiger partial charge < -0.3 is 5.11 Å². The van der Waals surface area contributed by atoms with Gasteiger partial charge in [0, 0.05) is 13.1 Å². The van der Waals surface area contributed by atoms with Crippen LogP contribution < -0.4 is 0 Å². The molecule has 1 heterocycles. The molecule has 0 unspecified atom stereocenters. The number of sulfonamides is 1. The Morgan fingerprint density at radius 1 is 1.22 bits per heavy atom. The summed E-state index contributed by atoms with van der Waals surface area (Å²) in [4.78, 5) is -0.119. The van der Waals surface area contributed by atoms with Crippen molar-refractivity contribution >= 4 is 10.0 Å². The van der Waals surface area contributed by atoms with E-state index in [0.717, 1.165) is 31.4 Å². The minimum absolute atomic E-state index is 0.119. The number of hydrogen-bond acceptors (Lipinski definition) is 3. The van der Waals surface area contributed by atoms with E-state index in [0.29, 0.717) is 13.1 Å². The fourth-order valence-electron chi connectivity index (χ4n) is 2.14. The Bertz CT molecular complexity index is 524. The highest BCUT2D eigenvalue weighted by Gasteiger charge is 2.28. The second kappa shape index (κ2) is 5.34. The third kappa shape index (κ3) is 2.55. The Hall–Kier alpha value is -0.980. The molecule has 1 aromatic carbocycles. The number of benzene rings is 1. The quantitative estimate of drug-likeness (QED) is 0.908. The first-order valence-corrected chi connectivity index (χ1v) is 7.39. The normalized spacial score (nSPS) is 17.9. The molecular weight excluding hydrogens is 257 g/mol. The summed E-state index contributed by atoms with van der Waals surface area (Å²) in [6, 6.07) is 3.45. The Balaban J connectivity index is 2.42. The molecule has 18 heavy (non-hydrogen) atoms. The van der Waals surface area contributed by atoms with Crippen LogP contribution in [0.4, 0.5) is 4.39 Å². The lowest BCUT2D eigenvalue weighted by Crippen LogP contribution is -2.36. The van der Waals surface area contributed by atoms with Gasteiger partial charge in [-0.05, 0) is 30.5 Å². The molecule has 0 saturated carbocycles. The van der Waals surface area contributed by atoms with Crippen molar-refractivity contribution in [3.05, 3.63) is 29.6 Å². The van der Waals surface area contributed by atoms with Crippen LogP contribution in [0.1, 0.15) is 24.8 Å². The summed E-state index contributed by atoms with van der Waals surface area (Å²) >= 11 is 0.